The van der Waals surface area contributed by atoms with Crippen molar-refractivity contribution in [3.05, 3.63) is 38.0 Å². The number of amides is 1. The van der Waals surface area contributed by atoms with Crippen molar-refractivity contribution in [3.63, 3.8) is 0 Å². The number of aromatic nitrogens is 2. The summed E-state index contributed by atoms with van der Waals surface area (Å²) >= 11 is 0.977. The first kappa shape index (κ1) is 16.6. The fraction of sp³-hybridized carbons (Fsp3) is 0.353. The van der Waals surface area contributed by atoms with Gasteiger partial charge in [-0.1, -0.05) is 0 Å². The Balaban J connectivity index is 1.85. The highest BCUT2D eigenvalue weighted by Crippen LogP contribution is 2.36. The van der Waals surface area contributed by atoms with Crippen LogP contribution in [0.15, 0.2) is 21.9 Å². The van der Waals surface area contributed by atoms with Crippen LogP contribution in [0, 0.1) is 18.2 Å². The number of hydrogen-bond acceptors (Lipinski definition) is 5. The Kier molecular flexibility index (Phi) is 4.12. The van der Waals surface area contributed by atoms with Crippen LogP contribution in [0.3, 0.4) is 0 Å². The maximum Gasteiger partial charge on any atom is 0.325 e. The number of halogens is 1. The van der Waals surface area contributed by atoms with Crippen LogP contribution in [0.4, 0.5) is 10.1 Å². The quantitative estimate of drug-likeness (QED) is 0.808. The minimum absolute atomic E-state index is 0.0480. The number of rotatable bonds is 2. The average molecular weight is 374 g/mol. The number of terminal acetylenes is 1. The van der Waals surface area contributed by atoms with Crippen LogP contribution in [-0.4, -0.2) is 15.3 Å². The Labute approximate surface area is 151 Å². The van der Waals surface area contributed by atoms with Crippen molar-refractivity contribution < 1.29 is 14.0 Å². The molecule has 9 heteroatoms. The molecule has 1 unspecified atom stereocenters. The van der Waals surface area contributed by atoms with Gasteiger partial charge in [-0.05, 0) is 30.2 Å². The van der Waals surface area contributed by atoms with Crippen LogP contribution in [0.5, 0.6) is 5.75 Å². The van der Waals surface area contributed by atoms with E-state index in [0.29, 0.717) is 23.5 Å². The van der Waals surface area contributed by atoms with E-state index in [2.05, 4.69) is 16.4 Å². The molecule has 2 aliphatic rings. The molecule has 26 heavy (non-hydrogen) atoms. The first-order valence-electron chi connectivity index (χ1n) is 8.17. The normalized spacial score (nSPS) is 19.2. The van der Waals surface area contributed by atoms with E-state index in [-0.39, 0.29) is 28.6 Å². The lowest BCUT2D eigenvalue weighted by atomic mass is 9.93. The number of nitrogens with one attached hydrogen (secondary N) is 1. The van der Waals surface area contributed by atoms with Crippen LogP contribution >= 0.6 is 11.3 Å². The molecule has 2 aromatic rings. The molecule has 2 aliphatic heterocycles. The summed E-state index contributed by atoms with van der Waals surface area (Å²) in [5, 5.41) is 0. The summed E-state index contributed by atoms with van der Waals surface area (Å²) in [5.41, 5.74) is 2.77. The topological polar surface area (TPSA) is 77.6 Å². The van der Waals surface area contributed by atoms with Gasteiger partial charge in [-0.2, -0.15) is 5.48 Å². The van der Waals surface area contributed by atoms with Crippen molar-refractivity contribution in [2.45, 2.75) is 38.3 Å². The van der Waals surface area contributed by atoms with Crippen LogP contribution in [0.25, 0.3) is 0 Å². The third-order valence-electron chi connectivity index (χ3n) is 4.46. The van der Waals surface area contributed by atoms with Gasteiger partial charge in [0.05, 0.1) is 5.92 Å². The summed E-state index contributed by atoms with van der Waals surface area (Å²) in [4.78, 5) is 33.8. The second kappa shape index (κ2) is 6.46. The number of fused-ring (bicyclic) bond motifs is 2. The maximum absolute atomic E-state index is 14.5. The fourth-order valence-electron chi connectivity index (χ4n) is 3.16. The number of hydrogen-bond donors (Lipinski definition) is 1. The second-order valence-electron chi connectivity index (χ2n) is 6.09. The Morgan fingerprint density at radius 1 is 1.35 bits per heavy atom. The Morgan fingerprint density at radius 3 is 2.88 bits per heavy atom. The molecule has 1 aromatic carbocycles. The second-order valence-corrected chi connectivity index (χ2v) is 7.00. The highest BCUT2D eigenvalue weighted by molar-refractivity contribution is 7.06. The highest BCUT2D eigenvalue weighted by Gasteiger charge is 2.30. The molecule has 0 saturated carbocycles. The molecule has 0 spiro atoms. The van der Waals surface area contributed by atoms with Gasteiger partial charge in [-0.25, -0.2) is 14.1 Å². The predicted octanol–water partition coefficient (Wildman–Crippen LogP) is 1.41. The van der Waals surface area contributed by atoms with E-state index >= 15 is 0 Å². The summed E-state index contributed by atoms with van der Waals surface area (Å²) in [7, 11) is 0. The molecule has 4 rings (SSSR count). The van der Waals surface area contributed by atoms with Gasteiger partial charge in [0.15, 0.2) is 11.6 Å². The molecule has 0 radical (unpaired) electrons. The average Bonchev–Trinajstić information content (AvgIpc) is 2.95. The largest absolute Gasteiger partial charge is 0.379 e. The van der Waals surface area contributed by atoms with Gasteiger partial charge in [0.1, 0.15) is 5.69 Å². The number of nitrogens with zero attached hydrogens (tertiary/aromatic N) is 3. The molecule has 3 heterocycles. The molecular weight excluding hydrogens is 359 g/mol. The molecule has 1 atom stereocenters. The van der Waals surface area contributed by atoms with Gasteiger partial charge in [0.25, 0.3) is 5.91 Å². The smallest absolute Gasteiger partial charge is 0.325 e. The molecule has 134 valence electrons. The summed E-state index contributed by atoms with van der Waals surface area (Å²) in [6.45, 7) is 1.30. The van der Waals surface area contributed by atoms with Crippen molar-refractivity contribution in [2.24, 2.45) is 4.99 Å². The molecule has 1 aromatic heterocycles. The fourth-order valence-corrected chi connectivity index (χ4v) is 4.06. The van der Waals surface area contributed by atoms with E-state index in [0.717, 1.165) is 24.2 Å². The van der Waals surface area contributed by atoms with Gasteiger partial charge in [0, 0.05) is 31.1 Å². The van der Waals surface area contributed by atoms with Crippen LogP contribution < -0.4 is 20.0 Å². The summed E-state index contributed by atoms with van der Waals surface area (Å²) in [5.74, 6) is 1.04. The van der Waals surface area contributed by atoms with Crippen molar-refractivity contribution in [3.8, 4) is 18.1 Å². The summed E-state index contributed by atoms with van der Waals surface area (Å²) < 4.78 is 17.9. The standard InChI is InChI=1S/C17H15FN4O3S/c1-2-5-10-11-8-13(12(18)9-14(11)25-20-15(10)23)19-16-21-6-3-4-7-22(21)17(24)26-16/h1,8-10H,3-7H2,(H,20,23). The molecule has 0 saturated heterocycles. The lowest BCUT2D eigenvalue weighted by Gasteiger charge is -2.24. The first-order chi connectivity index (χ1) is 12.6. The van der Waals surface area contributed by atoms with Gasteiger partial charge >= 0.3 is 4.87 Å². The third-order valence-corrected chi connectivity index (χ3v) is 5.33. The SMILES string of the molecule is C#CCC1C(=O)NOc2cc(F)c(N=c3sc(=O)n4n3CCCC4)cc21. The van der Waals surface area contributed by atoms with Crippen molar-refractivity contribution in [1.82, 2.24) is 14.8 Å². The minimum Gasteiger partial charge on any atom is -0.379 e. The zero-order valence-electron chi connectivity index (χ0n) is 13.7. The van der Waals surface area contributed by atoms with Gasteiger partial charge in [-0.15, -0.1) is 12.3 Å². The first-order valence-corrected chi connectivity index (χ1v) is 8.99. The number of hydroxylamine groups is 1. The van der Waals surface area contributed by atoms with Crippen molar-refractivity contribution in [1.29, 1.82) is 0 Å². The van der Waals surface area contributed by atoms with E-state index in [1.165, 1.54) is 12.1 Å². The predicted molar refractivity (Wildman–Crippen MR) is 92.4 cm³/mol. The van der Waals surface area contributed by atoms with E-state index < -0.39 is 11.7 Å². The highest BCUT2D eigenvalue weighted by atomic mass is 32.1. The molecule has 1 N–H and O–H groups in total. The zero-order chi connectivity index (χ0) is 18.3. The monoisotopic (exact) mass is 374 g/mol. The van der Waals surface area contributed by atoms with Crippen molar-refractivity contribution in [2.75, 3.05) is 0 Å². The van der Waals surface area contributed by atoms with E-state index in [1.807, 2.05) is 0 Å². The van der Waals surface area contributed by atoms with Gasteiger partial charge in [-0.3, -0.25) is 14.3 Å². The van der Waals surface area contributed by atoms with Gasteiger partial charge in [0.2, 0.25) is 4.80 Å². The third kappa shape index (κ3) is 2.72. The maximum atomic E-state index is 14.5. The van der Waals surface area contributed by atoms with E-state index in [1.54, 1.807) is 9.36 Å². The molecule has 7 nitrogen and oxygen atoms in total. The molecule has 0 bridgehead atoms. The van der Waals surface area contributed by atoms with E-state index in [9.17, 15) is 14.0 Å². The summed E-state index contributed by atoms with van der Waals surface area (Å²) in [6, 6.07) is 2.64. The summed E-state index contributed by atoms with van der Waals surface area (Å²) in [6.07, 6.45) is 7.38. The number of carbonyl (C=O) groups excluding carboxylic acids is 1. The van der Waals surface area contributed by atoms with Crippen LogP contribution in [0.2, 0.25) is 0 Å². The minimum atomic E-state index is -0.632. The molecule has 0 aliphatic carbocycles. The van der Waals surface area contributed by atoms with Crippen molar-refractivity contribution >= 4 is 22.9 Å². The Bertz CT molecular complexity index is 1060. The van der Waals surface area contributed by atoms with Crippen LogP contribution in [-0.2, 0) is 17.9 Å². The zero-order valence-corrected chi connectivity index (χ0v) is 14.5. The Hall–Kier alpha value is -2.86. The lowest BCUT2D eigenvalue weighted by Crippen LogP contribution is -2.36. The lowest BCUT2D eigenvalue weighted by molar-refractivity contribution is -0.130. The number of carbonyl (C=O) groups is 1. The molecule has 1 amide bonds. The van der Waals surface area contributed by atoms with Crippen LogP contribution in [0.1, 0.15) is 30.7 Å². The van der Waals surface area contributed by atoms with Gasteiger partial charge < -0.3 is 4.84 Å². The molecule has 0 fully saturated rings. The Morgan fingerprint density at radius 2 is 2.12 bits per heavy atom. The van der Waals surface area contributed by atoms with E-state index in [4.69, 9.17) is 11.3 Å². The molecular formula is C17H15FN4O3S. The number of benzene rings is 1.